The van der Waals surface area contributed by atoms with Crippen LogP contribution in [0.2, 0.25) is 0 Å². The molecule has 0 unspecified atom stereocenters. The van der Waals surface area contributed by atoms with Crippen molar-refractivity contribution in [3.05, 3.63) is 46.8 Å². The Kier molecular flexibility index (Phi) is 4.52. The number of piperazine rings is 1. The van der Waals surface area contributed by atoms with E-state index in [4.69, 9.17) is 0 Å². The molecule has 1 fully saturated rings. The van der Waals surface area contributed by atoms with E-state index < -0.39 is 11.7 Å². The Bertz CT molecular complexity index is 617. The molecule has 1 aliphatic heterocycles. The van der Waals surface area contributed by atoms with Crippen LogP contribution >= 0.6 is 11.3 Å². The molecule has 1 saturated heterocycles. The molecule has 0 atom stereocenters. The molecule has 0 saturated carbocycles. The summed E-state index contributed by atoms with van der Waals surface area (Å²) in [6.45, 7) is 4.38. The summed E-state index contributed by atoms with van der Waals surface area (Å²) in [5.41, 5.74) is 1.07. The van der Waals surface area contributed by atoms with Crippen LogP contribution in [0.15, 0.2) is 35.7 Å². The van der Waals surface area contributed by atoms with E-state index in [-0.39, 0.29) is 0 Å². The average molecular weight is 326 g/mol. The van der Waals surface area contributed by atoms with Gasteiger partial charge in [-0.3, -0.25) is 4.90 Å². The number of thiophene rings is 1. The second-order valence-electron chi connectivity index (χ2n) is 5.37. The highest BCUT2D eigenvalue weighted by Crippen LogP contribution is 2.36. The summed E-state index contributed by atoms with van der Waals surface area (Å²) >= 11 is 1.47. The number of hydrogen-bond acceptors (Lipinski definition) is 3. The molecule has 1 aromatic carbocycles. The SMILES string of the molecule is FC(F)(F)c1ccc(CN2CCNCC2)c(-c2cccs2)c1. The fourth-order valence-corrected chi connectivity index (χ4v) is 3.44. The third-order valence-electron chi connectivity index (χ3n) is 3.83. The Morgan fingerprint density at radius 1 is 1.14 bits per heavy atom. The summed E-state index contributed by atoms with van der Waals surface area (Å²) in [5.74, 6) is 0. The maximum absolute atomic E-state index is 13.0. The number of hydrogen-bond donors (Lipinski definition) is 1. The normalized spacial score (nSPS) is 16.9. The molecule has 2 aromatic rings. The average Bonchev–Trinajstić information content (AvgIpc) is 3.01. The highest BCUT2D eigenvalue weighted by atomic mass is 32.1. The van der Waals surface area contributed by atoms with Crippen molar-refractivity contribution in [3.63, 3.8) is 0 Å². The molecule has 0 bridgehead atoms. The third-order valence-corrected chi connectivity index (χ3v) is 4.73. The van der Waals surface area contributed by atoms with Gasteiger partial charge in [0.25, 0.3) is 0 Å². The van der Waals surface area contributed by atoms with Crippen molar-refractivity contribution in [1.29, 1.82) is 0 Å². The molecule has 0 aliphatic carbocycles. The first-order chi connectivity index (χ1) is 10.5. The molecule has 1 aliphatic rings. The molecule has 0 radical (unpaired) electrons. The van der Waals surface area contributed by atoms with Gasteiger partial charge in [-0.05, 0) is 34.7 Å². The molecule has 3 rings (SSSR count). The van der Waals surface area contributed by atoms with Gasteiger partial charge in [0.05, 0.1) is 5.56 Å². The predicted octanol–water partition coefficient (Wildman–Crippen LogP) is 3.84. The van der Waals surface area contributed by atoms with Gasteiger partial charge in [-0.25, -0.2) is 0 Å². The van der Waals surface area contributed by atoms with Crippen molar-refractivity contribution in [3.8, 4) is 10.4 Å². The first kappa shape index (κ1) is 15.5. The Morgan fingerprint density at radius 2 is 1.91 bits per heavy atom. The lowest BCUT2D eigenvalue weighted by atomic mass is 10.0. The summed E-state index contributed by atoms with van der Waals surface area (Å²) in [6.07, 6.45) is -4.31. The van der Waals surface area contributed by atoms with E-state index in [1.807, 2.05) is 17.5 Å². The van der Waals surface area contributed by atoms with Crippen molar-refractivity contribution in [2.75, 3.05) is 26.2 Å². The second kappa shape index (κ2) is 6.40. The van der Waals surface area contributed by atoms with Crippen molar-refractivity contribution in [2.45, 2.75) is 12.7 Å². The van der Waals surface area contributed by atoms with Crippen molar-refractivity contribution >= 4 is 11.3 Å². The molecule has 6 heteroatoms. The summed E-state index contributed by atoms with van der Waals surface area (Å²) in [6, 6.07) is 7.84. The van der Waals surface area contributed by atoms with Gasteiger partial charge in [0.1, 0.15) is 0 Å². The fraction of sp³-hybridized carbons (Fsp3) is 0.375. The van der Waals surface area contributed by atoms with E-state index >= 15 is 0 Å². The minimum Gasteiger partial charge on any atom is -0.314 e. The molecule has 118 valence electrons. The molecule has 2 nitrogen and oxygen atoms in total. The first-order valence-corrected chi connectivity index (χ1v) is 8.09. The smallest absolute Gasteiger partial charge is 0.314 e. The van der Waals surface area contributed by atoms with E-state index in [9.17, 15) is 13.2 Å². The zero-order chi connectivity index (χ0) is 15.6. The van der Waals surface area contributed by atoms with Crippen LogP contribution in [-0.4, -0.2) is 31.1 Å². The Labute approximate surface area is 131 Å². The summed E-state index contributed by atoms with van der Waals surface area (Å²) in [4.78, 5) is 3.16. The quantitative estimate of drug-likeness (QED) is 0.922. The molecular formula is C16H17F3N2S. The maximum Gasteiger partial charge on any atom is 0.416 e. The molecule has 0 amide bonds. The number of alkyl halides is 3. The lowest BCUT2D eigenvalue weighted by Crippen LogP contribution is -2.42. The maximum atomic E-state index is 13.0. The fourth-order valence-electron chi connectivity index (χ4n) is 2.66. The minimum atomic E-state index is -4.31. The molecule has 1 N–H and O–H groups in total. The van der Waals surface area contributed by atoms with Gasteiger partial charge in [-0.1, -0.05) is 12.1 Å². The van der Waals surface area contributed by atoms with Crippen LogP contribution in [0.1, 0.15) is 11.1 Å². The largest absolute Gasteiger partial charge is 0.416 e. The van der Waals surface area contributed by atoms with E-state index in [2.05, 4.69) is 10.2 Å². The van der Waals surface area contributed by atoms with Gasteiger partial charge in [-0.15, -0.1) is 11.3 Å². The highest BCUT2D eigenvalue weighted by Gasteiger charge is 2.31. The number of rotatable bonds is 3. The van der Waals surface area contributed by atoms with Gasteiger partial charge in [0.2, 0.25) is 0 Å². The first-order valence-electron chi connectivity index (χ1n) is 7.21. The standard InChI is InChI=1S/C16H17F3N2S/c17-16(18,19)13-4-3-12(11-21-7-5-20-6-8-21)14(10-13)15-2-1-9-22-15/h1-4,9-10,20H,5-8,11H2. The summed E-state index contributed by atoms with van der Waals surface area (Å²) in [7, 11) is 0. The van der Waals surface area contributed by atoms with Gasteiger partial charge in [0.15, 0.2) is 0 Å². The Balaban J connectivity index is 1.94. The van der Waals surface area contributed by atoms with Crippen LogP contribution < -0.4 is 5.32 Å². The zero-order valence-corrected chi connectivity index (χ0v) is 12.8. The van der Waals surface area contributed by atoms with E-state index in [0.717, 1.165) is 36.6 Å². The summed E-state index contributed by atoms with van der Waals surface area (Å²) < 4.78 is 39.0. The molecule has 0 spiro atoms. The Morgan fingerprint density at radius 3 is 2.55 bits per heavy atom. The van der Waals surface area contributed by atoms with Crippen LogP contribution in [0.3, 0.4) is 0 Å². The summed E-state index contributed by atoms with van der Waals surface area (Å²) in [5, 5.41) is 5.18. The van der Waals surface area contributed by atoms with Crippen LogP contribution in [0, 0.1) is 0 Å². The number of benzene rings is 1. The molecule has 1 aromatic heterocycles. The van der Waals surface area contributed by atoms with Crippen molar-refractivity contribution in [2.24, 2.45) is 0 Å². The number of halogens is 3. The molecule has 2 heterocycles. The molecular weight excluding hydrogens is 309 g/mol. The van der Waals surface area contributed by atoms with Crippen molar-refractivity contribution < 1.29 is 13.2 Å². The molecule has 22 heavy (non-hydrogen) atoms. The zero-order valence-electron chi connectivity index (χ0n) is 12.0. The van der Waals surface area contributed by atoms with Crippen LogP contribution in [0.5, 0.6) is 0 Å². The Hall–Kier alpha value is -1.37. The number of nitrogens with zero attached hydrogens (tertiary/aromatic N) is 1. The topological polar surface area (TPSA) is 15.3 Å². The van der Waals surface area contributed by atoms with E-state index in [0.29, 0.717) is 12.1 Å². The van der Waals surface area contributed by atoms with E-state index in [1.165, 1.54) is 23.5 Å². The van der Waals surface area contributed by atoms with Gasteiger partial charge in [0, 0.05) is 37.6 Å². The second-order valence-corrected chi connectivity index (χ2v) is 6.32. The lowest BCUT2D eigenvalue weighted by molar-refractivity contribution is -0.137. The monoisotopic (exact) mass is 326 g/mol. The third kappa shape index (κ3) is 3.51. The van der Waals surface area contributed by atoms with Crippen LogP contribution in [-0.2, 0) is 12.7 Å². The number of nitrogens with one attached hydrogen (secondary N) is 1. The minimum absolute atomic E-state index is 0.583. The van der Waals surface area contributed by atoms with Crippen LogP contribution in [0.25, 0.3) is 10.4 Å². The van der Waals surface area contributed by atoms with Crippen molar-refractivity contribution in [1.82, 2.24) is 10.2 Å². The van der Waals surface area contributed by atoms with Crippen LogP contribution in [0.4, 0.5) is 13.2 Å². The van der Waals surface area contributed by atoms with Gasteiger partial charge < -0.3 is 5.32 Å². The predicted molar refractivity (Wildman–Crippen MR) is 82.9 cm³/mol. The van der Waals surface area contributed by atoms with Gasteiger partial charge in [-0.2, -0.15) is 13.2 Å². The van der Waals surface area contributed by atoms with E-state index in [1.54, 1.807) is 6.07 Å². The highest BCUT2D eigenvalue weighted by molar-refractivity contribution is 7.13. The van der Waals surface area contributed by atoms with Gasteiger partial charge >= 0.3 is 6.18 Å². The lowest BCUT2D eigenvalue weighted by Gasteiger charge is -2.28.